The zero-order valence-electron chi connectivity index (χ0n) is 15.1. The molecule has 0 spiro atoms. The number of nitrogens with one attached hydrogen (secondary N) is 1. The molecule has 0 atom stereocenters. The van der Waals surface area contributed by atoms with Crippen molar-refractivity contribution in [3.63, 3.8) is 0 Å². The van der Waals surface area contributed by atoms with Gasteiger partial charge in [-0.1, -0.05) is 28.9 Å². The Morgan fingerprint density at radius 1 is 1.14 bits per heavy atom. The minimum atomic E-state index is -0.342. The maximum absolute atomic E-state index is 12.5. The van der Waals surface area contributed by atoms with E-state index in [2.05, 4.69) is 15.4 Å². The van der Waals surface area contributed by atoms with Crippen molar-refractivity contribution in [3.05, 3.63) is 65.3 Å². The summed E-state index contributed by atoms with van der Waals surface area (Å²) in [5.41, 5.74) is 2.71. The molecule has 6 nitrogen and oxygen atoms in total. The molecule has 0 saturated carbocycles. The van der Waals surface area contributed by atoms with E-state index in [1.165, 1.54) is 0 Å². The van der Waals surface area contributed by atoms with Gasteiger partial charge >= 0.3 is 0 Å². The molecule has 2 N–H and O–H groups in total. The SMILES string of the molecule is O=C(Nc1ccc(N2CCC(O)CC2)cc1)c1cc(-c2cccc(Cl)c2)on1. The van der Waals surface area contributed by atoms with E-state index in [-0.39, 0.29) is 17.7 Å². The van der Waals surface area contributed by atoms with Crippen LogP contribution in [0.3, 0.4) is 0 Å². The summed E-state index contributed by atoms with van der Waals surface area (Å²) in [5.74, 6) is 0.140. The third-order valence-electron chi connectivity index (χ3n) is 4.81. The minimum Gasteiger partial charge on any atom is -0.393 e. The largest absolute Gasteiger partial charge is 0.393 e. The fourth-order valence-corrected chi connectivity index (χ4v) is 3.43. The lowest BCUT2D eigenvalue weighted by Crippen LogP contribution is -2.35. The summed E-state index contributed by atoms with van der Waals surface area (Å²) in [5, 5.41) is 16.9. The van der Waals surface area contributed by atoms with Crippen molar-refractivity contribution < 1.29 is 14.4 Å². The van der Waals surface area contributed by atoms with Gasteiger partial charge in [-0.3, -0.25) is 4.79 Å². The van der Waals surface area contributed by atoms with Crippen LogP contribution in [0.25, 0.3) is 11.3 Å². The average molecular weight is 398 g/mol. The molecule has 1 amide bonds. The zero-order valence-corrected chi connectivity index (χ0v) is 15.9. The van der Waals surface area contributed by atoms with Gasteiger partial charge in [-0.05, 0) is 49.2 Å². The zero-order chi connectivity index (χ0) is 19.5. The number of anilines is 2. The van der Waals surface area contributed by atoms with Crippen LogP contribution in [0.4, 0.5) is 11.4 Å². The van der Waals surface area contributed by atoms with Gasteiger partial charge in [-0.25, -0.2) is 0 Å². The van der Waals surface area contributed by atoms with Crippen LogP contribution in [0.2, 0.25) is 5.02 Å². The Morgan fingerprint density at radius 2 is 1.89 bits per heavy atom. The van der Waals surface area contributed by atoms with Crippen LogP contribution < -0.4 is 10.2 Å². The van der Waals surface area contributed by atoms with Gasteiger partial charge in [0.2, 0.25) is 0 Å². The average Bonchev–Trinajstić information content (AvgIpc) is 3.20. The molecule has 0 unspecified atom stereocenters. The Labute approximate surface area is 167 Å². The second-order valence-electron chi connectivity index (χ2n) is 6.81. The fourth-order valence-electron chi connectivity index (χ4n) is 3.23. The molecule has 7 heteroatoms. The first kappa shape index (κ1) is 18.5. The Balaban J connectivity index is 1.41. The van der Waals surface area contributed by atoms with Gasteiger partial charge in [0.15, 0.2) is 11.5 Å². The van der Waals surface area contributed by atoms with E-state index in [0.29, 0.717) is 16.5 Å². The van der Waals surface area contributed by atoms with Gasteiger partial charge in [0.25, 0.3) is 5.91 Å². The van der Waals surface area contributed by atoms with E-state index < -0.39 is 0 Å². The normalized spacial score (nSPS) is 14.9. The molecule has 28 heavy (non-hydrogen) atoms. The summed E-state index contributed by atoms with van der Waals surface area (Å²) < 4.78 is 5.28. The summed E-state index contributed by atoms with van der Waals surface area (Å²) in [6, 6.07) is 16.4. The molecule has 1 saturated heterocycles. The number of carbonyl (C=O) groups is 1. The molecular weight excluding hydrogens is 378 g/mol. The monoisotopic (exact) mass is 397 g/mol. The molecule has 0 bridgehead atoms. The highest BCUT2D eigenvalue weighted by atomic mass is 35.5. The molecule has 2 aromatic carbocycles. The predicted octanol–water partition coefficient (Wildman–Crippen LogP) is 4.21. The number of nitrogens with zero attached hydrogens (tertiary/aromatic N) is 2. The van der Waals surface area contributed by atoms with Gasteiger partial charge in [0, 0.05) is 41.1 Å². The summed E-state index contributed by atoms with van der Waals surface area (Å²) in [6.07, 6.45) is 1.35. The molecule has 1 fully saturated rings. The number of halogens is 1. The summed E-state index contributed by atoms with van der Waals surface area (Å²) >= 11 is 5.99. The van der Waals surface area contributed by atoms with Gasteiger partial charge in [-0.2, -0.15) is 0 Å². The van der Waals surface area contributed by atoms with Crippen LogP contribution in [0, 0.1) is 0 Å². The summed E-state index contributed by atoms with van der Waals surface area (Å²) in [6.45, 7) is 1.66. The molecule has 1 aliphatic rings. The van der Waals surface area contributed by atoms with E-state index in [9.17, 15) is 9.90 Å². The molecule has 2 heterocycles. The number of amides is 1. The number of aromatic nitrogens is 1. The quantitative estimate of drug-likeness (QED) is 0.689. The van der Waals surface area contributed by atoms with Crippen molar-refractivity contribution in [2.75, 3.05) is 23.3 Å². The number of hydrogen-bond acceptors (Lipinski definition) is 5. The number of rotatable bonds is 4. The molecule has 1 aliphatic heterocycles. The van der Waals surface area contributed by atoms with Crippen molar-refractivity contribution >= 4 is 28.9 Å². The number of benzene rings is 2. The van der Waals surface area contributed by atoms with Crippen LogP contribution in [0.1, 0.15) is 23.3 Å². The van der Waals surface area contributed by atoms with Gasteiger partial charge < -0.3 is 19.8 Å². The summed E-state index contributed by atoms with van der Waals surface area (Å²) in [4.78, 5) is 14.7. The molecule has 1 aromatic heterocycles. The van der Waals surface area contributed by atoms with Crippen LogP contribution in [-0.2, 0) is 0 Å². The maximum atomic E-state index is 12.5. The van der Waals surface area contributed by atoms with E-state index in [4.69, 9.17) is 16.1 Å². The van der Waals surface area contributed by atoms with E-state index in [1.807, 2.05) is 36.4 Å². The highest BCUT2D eigenvalue weighted by Gasteiger charge is 2.18. The fraction of sp³-hybridized carbons (Fsp3) is 0.238. The lowest BCUT2D eigenvalue weighted by molar-refractivity contribution is 0.101. The van der Waals surface area contributed by atoms with Crippen molar-refractivity contribution in [2.45, 2.75) is 18.9 Å². The highest BCUT2D eigenvalue weighted by Crippen LogP contribution is 2.25. The number of aliphatic hydroxyl groups is 1. The second kappa shape index (κ2) is 8.04. The molecule has 0 radical (unpaired) electrons. The molecular formula is C21H20ClN3O3. The van der Waals surface area contributed by atoms with Crippen molar-refractivity contribution in [3.8, 4) is 11.3 Å². The predicted molar refractivity (Wildman–Crippen MR) is 109 cm³/mol. The minimum absolute atomic E-state index is 0.198. The van der Waals surface area contributed by atoms with Crippen LogP contribution in [0.15, 0.2) is 59.1 Å². The topological polar surface area (TPSA) is 78.6 Å². The highest BCUT2D eigenvalue weighted by molar-refractivity contribution is 6.30. The lowest BCUT2D eigenvalue weighted by atomic mass is 10.1. The van der Waals surface area contributed by atoms with E-state index >= 15 is 0 Å². The van der Waals surface area contributed by atoms with Crippen molar-refractivity contribution in [1.29, 1.82) is 0 Å². The molecule has 4 rings (SSSR count). The van der Waals surface area contributed by atoms with Crippen LogP contribution in [0.5, 0.6) is 0 Å². The number of piperidine rings is 1. The lowest BCUT2D eigenvalue weighted by Gasteiger charge is -2.31. The maximum Gasteiger partial charge on any atom is 0.277 e. The Bertz CT molecular complexity index is 963. The third-order valence-corrected chi connectivity index (χ3v) is 5.04. The number of aliphatic hydroxyl groups excluding tert-OH is 1. The first-order valence-corrected chi connectivity index (χ1v) is 9.53. The first-order valence-electron chi connectivity index (χ1n) is 9.15. The number of carbonyl (C=O) groups excluding carboxylic acids is 1. The van der Waals surface area contributed by atoms with Gasteiger partial charge in [-0.15, -0.1) is 0 Å². The van der Waals surface area contributed by atoms with Crippen LogP contribution >= 0.6 is 11.6 Å². The van der Waals surface area contributed by atoms with Gasteiger partial charge in [0.1, 0.15) is 0 Å². The smallest absolute Gasteiger partial charge is 0.277 e. The van der Waals surface area contributed by atoms with Crippen molar-refractivity contribution in [1.82, 2.24) is 5.16 Å². The van der Waals surface area contributed by atoms with Gasteiger partial charge in [0.05, 0.1) is 6.10 Å². The van der Waals surface area contributed by atoms with E-state index in [1.54, 1.807) is 18.2 Å². The third kappa shape index (κ3) is 4.18. The standard InChI is InChI=1S/C21H20ClN3O3/c22-15-3-1-2-14(12-15)20-13-19(24-28-20)21(27)23-16-4-6-17(7-5-16)25-10-8-18(26)9-11-25/h1-7,12-13,18,26H,8-11H2,(H,23,27). The summed E-state index contributed by atoms with van der Waals surface area (Å²) in [7, 11) is 0. The van der Waals surface area contributed by atoms with E-state index in [0.717, 1.165) is 37.2 Å². The van der Waals surface area contributed by atoms with Crippen LogP contribution in [-0.4, -0.2) is 35.4 Å². The Kier molecular flexibility index (Phi) is 5.32. The Morgan fingerprint density at radius 3 is 2.61 bits per heavy atom. The second-order valence-corrected chi connectivity index (χ2v) is 7.24. The Hall–Kier alpha value is -2.83. The number of hydrogen-bond donors (Lipinski definition) is 2. The molecule has 3 aromatic rings. The first-order chi connectivity index (χ1) is 13.6. The molecule has 0 aliphatic carbocycles. The molecule has 144 valence electrons. The van der Waals surface area contributed by atoms with Crippen molar-refractivity contribution in [2.24, 2.45) is 0 Å².